The number of aliphatic hydroxyl groups is 1. The van der Waals surface area contributed by atoms with Crippen molar-refractivity contribution >= 4 is 13.3 Å². The summed E-state index contributed by atoms with van der Waals surface area (Å²) in [5.41, 5.74) is 1.86. The summed E-state index contributed by atoms with van der Waals surface area (Å²) in [5.74, 6) is 1.39. The lowest BCUT2D eigenvalue weighted by Crippen LogP contribution is -2.50. The lowest BCUT2D eigenvalue weighted by Gasteiger charge is -2.36. The average molecular weight is 399 g/mol. The maximum absolute atomic E-state index is 9.65. The van der Waals surface area contributed by atoms with Crippen molar-refractivity contribution < 1.29 is 14.6 Å². The number of hydrogen-bond donors (Lipinski definition) is 1. The molecule has 28 heavy (non-hydrogen) atoms. The van der Waals surface area contributed by atoms with Gasteiger partial charge in [-0.15, -0.1) is 0 Å². The van der Waals surface area contributed by atoms with Gasteiger partial charge in [0.1, 0.15) is 5.75 Å². The minimum Gasteiger partial charge on any atom is -0.497 e. The highest BCUT2D eigenvalue weighted by Gasteiger charge is 2.50. The zero-order valence-corrected chi connectivity index (χ0v) is 18.6. The highest BCUT2D eigenvalue weighted by atomic mass is 28.3. The van der Waals surface area contributed by atoms with Crippen LogP contribution >= 0.6 is 0 Å². The Bertz CT molecular complexity index is 729. The fourth-order valence-electron chi connectivity index (χ4n) is 5.00. The van der Waals surface area contributed by atoms with Crippen LogP contribution in [0.4, 0.5) is 0 Å². The maximum atomic E-state index is 9.65. The normalized spacial score (nSPS) is 25.0. The zero-order valence-electron chi connectivity index (χ0n) is 17.6. The van der Waals surface area contributed by atoms with Crippen LogP contribution in [-0.2, 0) is 11.2 Å². The number of ether oxygens (including phenoxy) is 2. The van der Waals surface area contributed by atoms with Crippen LogP contribution in [-0.4, -0.2) is 39.1 Å². The Morgan fingerprint density at radius 3 is 2.25 bits per heavy atom. The van der Waals surface area contributed by atoms with Crippen molar-refractivity contribution in [2.45, 2.75) is 57.0 Å². The van der Waals surface area contributed by atoms with Crippen LogP contribution in [0.25, 0.3) is 0 Å². The molecule has 1 N–H and O–H groups in total. The van der Waals surface area contributed by atoms with E-state index in [-0.39, 0.29) is 18.8 Å². The van der Waals surface area contributed by atoms with Crippen LogP contribution < -0.4 is 9.92 Å². The molecule has 4 heteroatoms. The topological polar surface area (TPSA) is 38.7 Å². The van der Waals surface area contributed by atoms with E-state index in [4.69, 9.17) is 9.47 Å². The van der Waals surface area contributed by atoms with Gasteiger partial charge in [0.2, 0.25) is 0 Å². The fourth-order valence-corrected chi connectivity index (χ4v) is 9.11. The molecule has 0 amide bonds. The highest BCUT2D eigenvalue weighted by molar-refractivity contribution is 6.91. The van der Waals surface area contributed by atoms with E-state index in [1.165, 1.54) is 10.8 Å². The Hall–Kier alpha value is -1.62. The molecule has 3 nitrogen and oxygen atoms in total. The van der Waals surface area contributed by atoms with Gasteiger partial charge >= 0.3 is 0 Å². The molecule has 0 aromatic heterocycles. The van der Waals surface area contributed by atoms with Crippen molar-refractivity contribution in [1.82, 2.24) is 0 Å². The summed E-state index contributed by atoms with van der Waals surface area (Å²) in [6, 6.07) is 19.2. The molecule has 0 saturated carbocycles. The van der Waals surface area contributed by atoms with Crippen LogP contribution in [0.3, 0.4) is 0 Å². The summed E-state index contributed by atoms with van der Waals surface area (Å²) < 4.78 is 11.9. The smallest absolute Gasteiger partial charge is 0.118 e. The Morgan fingerprint density at radius 2 is 1.64 bits per heavy atom. The summed E-state index contributed by atoms with van der Waals surface area (Å²) >= 11 is 0. The Morgan fingerprint density at radius 1 is 0.964 bits per heavy atom. The van der Waals surface area contributed by atoms with E-state index in [1.807, 2.05) is 0 Å². The van der Waals surface area contributed by atoms with Crippen LogP contribution in [0.2, 0.25) is 18.6 Å². The number of hydrogen-bond acceptors (Lipinski definition) is 3. The summed E-state index contributed by atoms with van der Waals surface area (Å²) in [4.78, 5) is 0. The predicted molar refractivity (Wildman–Crippen MR) is 118 cm³/mol. The summed E-state index contributed by atoms with van der Waals surface area (Å²) in [6.45, 7) is 7.44. The lowest BCUT2D eigenvalue weighted by atomic mass is 9.95. The predicted octanol–water partition coefficient (Wildman–Crippen LogP) is 4.40. The molecule has 152 valence electrons. The van der Waals surface area contributed by atoms with Gasteiger partial charge in [0, 0.05) is 6.61 Å². The number of rotatable bonds is 8. The molecule has 1 aliphatic heterocycles. The maximum Gasteiger partial charge on any atom is 0.118 e. The number of methoxy groups -OCH3 is 1. The molecule has 3 rings (SSSR count). The second-order valence-electron chi connectivity index (χ2n) is 8.58. The Labute approximate surface area is 170 Å². The molecule has 0 unspecified atom stereocenters. The van der Waals surface area contributed by atoms with Crippen molar-refractivity contribution in [3.63, 3.8) is 0 Å². The van der Waals surface area contributed by atoms with Gasteiger partial charge in [0.25, 0.3) is 0 Å². The van der Waals surface area contributed by atoms with Gasteiger partial charge in [0.15, 0.2) is 0 Å². The lowest BCUT2D eigenvalue weighted by molar-refractivity contribution is 0.0196. The van der Waals surface area contributed by atoms with Gasteiger partial charge < -0.3 is 14.6 Å². The molecule has 1 saturated heterocycles. The van der Waals surface area contributed by atoms with Crippen LogP contribution in [0, 0.1) is 5.92 Å². The van der Waals surface area contributed by atoms with Crippen LogP contribution in [0.5, 0.6) is 5.75 Å². The zero-order chi connectivity index (χ0) is 20.1. The second kappa shape index (κ2) is 9.25. The first-order chi connectivity index (χ1) is 13.5. The minimum atomic E-state index is -1.79. The third kappa shape index (κ3) is 4.51. The van der Waals surface area contributed by atoms with Crippen molar-refractivity contribution in [3.05, 3.63) is 60.2 Å². The van der Waals surface area contributed by atoms with Gasteiger partial charge in [-0.3, -0.25) is 0 Å². The Kier molecular flexibility index (Phi) is 6.97. The van der Waals surface area contributed by atoms with E-state index < -0.39 is 8.07 Å². The average Bonchev–Trinajstić information content (AvgIpc) is 3.03. The number of benzene rings is 2. The van der Waals surface area contributed by atoms with Gasteiger partial charge in [-0.2, -0.15) is 0 Å². The molecule has 0 radical (unpaired) electrons. The van der Waals surface area contributed by atoms with E-state index >= 15 is 0 Å². The number of aliphatic hydroxyl groups excluding tert-OH is 1. The van der Waals surface area contributed by atoms with Gasteiger partial charge in [0.05, 0.1) is 27.4 Å². The first-order valence-electron chi connectivity index (χ1n) is 10.4. The molecule has 0 aliphatic carbocycles. The molecule has 1 aliphatic rings. The molecule has 2 aromatic rings. The van der Waals surface area contributed by atoms with Crippen LogP contribution in [0.1, 0.15) is 25.3 Å². The van der Waals surface area contributed by atoms with E-state index in [0.717, 1.165) is 25.0 Å². The molecule has 1 fully saturated rings. The summed E-state index contributed by atoms with van der Waals surface area (Å²) in [5, 5.41) is 11.1. The molecule has 1 heterocycles. The monoisotopic (exact) mass is 398 g/mol. The third-order valence-electron chi connectivity index (χ3n) is 6.54. The van der Waals surface area contributed by atoms with Crippen molar-refractivity contribution in [3.8, 4) is 5.75 Å². The first-order valence-corrected chi connectivity index (χ1v) is 13.5. The molecule has 2 aromatic carbocycles. The molecule has 4 atom stereocenters. The van der Waals surface area contributed by atoms with E-state index in [2.05, 4.69) is 74.6 Å². The second-order valence-corrected chi connectivity index (χ2v) is 13.3. The third-order valence-corrected chi connectivity index (χ3v) is 10.9. The van der Waals surface area contributed by atoms with Crippen molar-refractivity contribution in [1.29, 1.82) is 0 Å². The van der Waals surface area contributed by atoms with Gasteiger partial charge in [-0.1, -0.05) is 67.7 Å². The summed E-state index contributed by atoms with van der Waals surface area (Å²) in [7, 11) is -0.0798. The number of aryl methyl sites for hydroxylation is 1. The standard InChI is InChI=1S/C24H34O3Si/c1-18-22(15-10-19-8-6-5-7-9-19)27-23(16-17-25)24(18)28(3,4)21-13-11-20(26-2)12-14-21/h5-9,11-14,18,22-25H,10,15-17H2,1-4H3/t18-,22+,23-,24+/m1/s1. The molecule has 0 spiro atoms. The Balaban J connectivity index is 1.78. The van der Waals surface area contributed by atoms with Crippen LogP contribution in [0.15, 0.2) is 54.6 Å². The first kappa shape index (κ1) is 21.1. The van der Waals surface area contributed by atoms with E-state index in [0.29, 0.717) is 11.5 Å². The van der Waals surface area contributed by atoms with Crippen molar-refractivity contribution in [2.24, 2.45) is 5.92 Å². The quantitative estimate of drug-likeness (QED) is 0.670. The largest absolute Gasteiger partial charge is 0.497 e. The van der Waals surface area contributed by atoms with Crippen molar-refractivity contribution in [2.75, 3.05) is 13.7 Å². The molecule has 0 bridgehead atoms. The van der Waals surface area contributed by atoms with E-state index in [1.54, 1.807) is 7.11 Å². The molecular formula is C24H34O3Si. The molecular weight excluding hydrogens is 364 g/mol. The SMILES string of the molecule is COc1ccc([Si](C)(C)[C@H]2[C@H](C)[C@H](CCc3ccccc3)O[C@@H]2CCO)cc1. The van der Waals surface area contributed by atoms with Gasteiger partial charge in [-0.25, -0.2) is 0 Å². The van der Waals surface area contributed by atoms with Gasteiger partial charge in [-0.05, 0) is 48.4 Å². The summed E-state index contributed by atoms with van der Waals surface area (Å²) in [6.07, 6.45) is 3.20. The minimum absolute atomic E-state index is 0.143. The van der Waals surface area contributed by atoms with E-state index in [9.17, 15) is 5.11 Å². The highest BCUT2D eigenvalue weighted by Crippen LogP contribution is 2.46. The fraction of sp³-hybridized carbons (Fsp3) is 0.500.